The van der Waals surface area contributed by atoms with Crippen LogP contribution >= 0.6 is 0 Å². The molecule has 1 unspecified atom stereocenters. The summed E-state index contributed by atoms with van der Waals surface area (Å²) in [5, 5.41) is 3.43. The van der Waals surface area contributed by atoms with Gasteiger partial charge in [0.25, 0.3) is 0 Å². The molecule has 1 aromatic carbocycles. The summed E-state index contributed by atoms with van der Waals surface area (Å²) in [5.74, 6) is -1.17. The van der Waals surface area contributed by atoms with Gasteiger partial charge in [0, 0.05) is 29.6 Å². The van der Waals surface area contributed by atoms with Gasteiger partial charge >= 0.3 is 6.18 Å². The van der Waals surface area contributed by atoms with Gasteiger partial charge in [-0.05, 0) is 55.6 Å². The van der Waals surface area contributed by atoms with Crippen molar-refractivity contribution in [3.05, 3.63) is 47.4 Å². The van der Waals surface area contributed by atoms with E-state index in [4.69, 9.17) is 10.5 Å². The Hall–Kier alpha value is -2.19. The van der Waals surface area contributed by atoms with Crippen molar-refractivity contribution in [2.75, 3.05) is 26.2 Å². The molecule has 4 rings (SSSR count). The largest absolute Gasteiger partial charge is 0.490 e. The minimum atomic E-state index is -4.52. The Morgan fingerprint density at radius 1 is 1.27 bits per heavy atom. The number of aromatic nitrogens is 1. The number of benzene rings is 1. The molecule has 8 heteroatoms. The molecule has 0 amide bonds. The SMILES string of the molecule is C[C@]1(CNCC2CC2)COc2c1cc(C(CN)C(F)(F)F)nc2-c1ccc(F)cc1. The number of ether oxygens (including phenoxy) is 1. The molecule has 0 radical (unpaired) electrons. The van der Waals surface area contributed by atoms with Crippen molar-refractivity contribution in [3.8, 4) is 17.0 Å². The van der Waals surface area contributed by atoms with Crippen LogP contribution in [-0.2, 0) is 5.41 Å². The van der Waals surface area contributed by atoms with E-state index in [0.29, 0.717) is 35.9 Å². The molecular formula is C22H25F4N3O. The molecule has 162 valence electrons. The molecule has 1 aromatic heterocycles. The summed E-state index contributed by atoms with van der Waals surface area (Å²) in [4.78, 5) is 4.30. The fourth-order valence-corrected chi connectivity index (χ4v) is 3.88. The lowest BCUT2D eigenvalue weighted by atomic mass is 9.82. The molecule has 0 bridgehead atoms. The summed E-state index contributed by atoms with van der Waals surface area (Å²) in [6, 6.07) is 6.99. The van der Waals surface area contributed by atoms with Gasteiger partial charge in [0.15, 0.2) is 0 Å². The zero-order valence-electron chi connectivity index (χ0n) is 16.7. The van der Waals surface area contributed by atoms with Crippen LogP contribution in [0, 0.1) is 11.7 Å². The second kappa shape index (κ2) is 7.81. The predicted octanol–water partition coefficient (Wildman–Crippen LogP) is 4.14. The van der Waals surface area contributed by atoms with Gasteiger partial charge in [-0.3, -0.25) is 0 Å². The molecule has 2 aromatic rings. The van der Waals surface area contributed by atoms with Crippen LogP contribution in [0.4, 0.5) is 17.6 Å². The number of nitrogens with two attached hydrogens (primary N) is 1. The molecule has 3 N–H and O–H groups in total. The van der Waals surface area contributed by atoms with Crippen molar-refractivity contribution in [2.24, 2.45) is 11.7 Å². The summed E-state index contributed by atoms with van der Waals surface area (Å²) in [5.41, 5.74) is 6.31. The van der Waals surface area contributed by atoms with Crippen molar-refractivity contribution >= 4 is 0 Å². The number of halogens is 4. The number of rotatable bonds is 7. The van der Waals surface area contributed by atoms with E-state index >= 15 is 0 Å². The van der Waals surface area contributed by atoms with Gasteiger partial charge in [-0.15, -0.1) is 0 Å². The Bertz CT molecular complexity index is 912. The molecule has 2 aliphatic rings. The third kappa shape index (κ3) is 4.16. The van der Waals surface area contributed by atoms with Crippen molar-refractivity contribution < 1.29 is 22.3 Å². The molecule has 1 aliphatic heterocycles. The molecule has 0 spiro atoms. The van der Waals surface area contributed by atoms with E-state index < -0.39 is 29.9 Å². The Morgan fingerprint density at radius 2 is 1.97 bits per heavy atom. The van der Waals surface area contributed by atoms with E-state index in [1.54, 1.807) is 0 Å². The molecule has 1 saturated carbocycles. The van der Waals surface area contributed by atoms with E-state index in [1.807, 2.05) is 6.92 Å². The summed E-state index contributed by atoms with van der Waals surface area (Å²) in [7, 11) is 0. The zero-order valence-corrected chi connectivity index (χ0v) is 16.7. The van der Waals surface area contributed by atoms with Gasteiger partial charge in [0.1, 0.15) is 23.2 Å². The predicted molar refractivity (Wildman–Crippen MR) is 106 cm³/mol. The minimum Gasteiger partial charge on any atom is -0.490 e. The fraction of sp³-hybridized carbons (Fsp3) is 0.500. The van der Waals surface area contributed by atoms with Crippen molar-refractivity contribution in [1.29, 1.82) is 0 Å². The second-order valence-corrected chi connectivity index (χ2v) is 8.53. The normalized spacial score (nSPS) is 21.9. The average molecular weight is 423 g/mol. The van der Waals surface area contributed by atoms with E-state index in [1.165, 1.54) is 43.2 Å². The van der Waals surface area contributed by atoms with Crippen LogP contribution < -0.4 is 15.8 Å². The van der Waals surface area contributed by atoms with E-state index in [0.717, 1.165) is 6.54 Å². The quantitative estimate of drug-likeness (QED) is 0.657. The highest BCUT2D eigenvalue weighted by atomic mass is 19.4. The van der Waals surface area contributed by atoms with Gasteiger partial charge < -0.3 is 15.8 Å². The summed E-state index contributed by atoms with van der Waals surface area (Å²) in [6.45, 7) is 3.18. The van der Waals surface area contributed by atoms with Gasteiger partial charge in [-0.25, -0.2) is 9.37 Å². The van der Waals surface area contributed by atoms with Crippen LogP contribution in [-0.4, -0.2) is 37.4 Å². The van der Waals surface area contributed by atoms with Crippen LogP contribution in [0.5, 0.6) is 5.75 Å². The highest BCUT2D eigenvalue weighted by molar-refractivity contribution is 5.70. The Kier molecular flexibility index (Phi) is 5.48. The molecule has 4 nitrogen and oxygen atoms in total. The lowest BCUT2D eigenvalue weighted by molar-refractivity contribution is -0.148. The maximum atomic E-state index is 13.6. The number of hydrogen-bond donors (Lipinski definition) is 2. The molecule has 0 saturated heterocycles. The van der Waals surface area contributed by atoms with Crippen LogP contribution in [0.3, 0.4) is 0 Å². The molecule has 2 atom stereocenters. The maximum Gasteiger partial charge on any atom is 0.398 e. The van der Waals surface area contributed by atoms with Crippen LogP contribution in [0.25, 0.3) is 11.3 Å². The van der Waals surface area contributed by atoms with Crippen molar-refractivity contribution in [2.45, 2.75) is 37.3 Å². The summed E-state index contributed by atoms with van der Waals surface area (Å²) >= 11 is 0. The summed E-state index contributed by atoms with van der Waals surface area (Å²) < 4.78 is 60.2. The minimum absolute atomic E-state index is 0.137. The third-order valence-corrected chi connectivity index (χ3v) is 5.93. The van der Waals surface area contributed by atoms with E-state index in [-0.39, 0.29) is 11.4 Å². The Labute approximate surface area is 172 Å². The Morgan fingerprint density at radius 3 is 2.57 bits per heavy atom. The second-order valence-electron chi connectivity index (χ2n) is 8.53. The van der Waals surface area contributed by atoms with Gasteiger partial charge in [0.05, 0.1) is 12.3 Å². The van der Waals surface area contributed by atoms with Gasteiger partial charge in [-0.1, -0.05) is 6.92 Å². The molecule has 1 fully saturated rings. The molecule has 2 heterocycles. The maximum absolute atomic E-state index is 13.6. The van der Waals surface area contributed by atoms with Gasteiger partial charge in [0.2, 0.25) is 0 Å². The first kappa shape index (κ1) is 21.1. The lowest BCUT2D eigenvalue weighted by Crippen LogP contribution is -2.38. The van der Waals surface area contributed by atoms with Crippen LogP contribution in [0.15, 0.2) is 30.3 Å². The number of hydrogen-bond acceptors (Lipinski definition) is 4. The van der Waals surface area contributed by atoms with Gasteiger partial charge in [-0.2, -0.15) is 13.2 Å². The standard InChI is InChI=1S/C22H25F4N3O/c1-21(11-28-10-13-2-3-13)12-30-20-16(21)8-18(17(9-27)22(24,25)26)29-19(20)14-4-6-15(23)7-5-14/h4-8,13,17,28H,2-3,9-12,27H2,1H3/t17?,21-/m0/s1. The molecule has 1 aliphatic carbocycles. The average Bonchev–Trinajstić information content (AvgIpc) is 3.45. The van der Waals surface area contributed by atoms with Crippen molar-refractivity contribution in [1.82, 2.24) is 10.3 Å². The van der Waals surface area contributed by atoms with Crippen LogP contribution in [0.1, 0.15) is 36.9 Å². The molecular weight excluding hydrogens is 398 g/mol. The fourth-order valence-electron chi connectivity index (χ4n) is 3.88. The first-order valence-corrected chi connectivity index (χ1v) is 10.1. The lowest BCUT2D eigenvalue weighted by Gasteiger charge is -2.25. The highest BCUT2D eigenvalue weighted by Crippen LogP contribution is 2.46. The number of nitrogens with zero attached hydrogens (tertiary/aromatic N) is 1. The van der Waals surface area contributed by atoms with E-state index in [2.05, 4.69) is 10.3 Å². The smallest absolute Gasteiger partial charge is 0.398 e. The van der Waals surface area contributed by atoms with Crippen LogP contribution in [0.2, 0.25) is 0 Å². The molecule has 30 heavy (non-hydrogen) atoms. The zero-order chi connectivity index (χ0) is 21.5. The number of nitrogens with one attached hydrogen (secondary N) is 1. The number of fused-ring (bicyclic) bond motifs is 1. The van der Waals surface area contributed by atoms with E-state index in [9.17, 15) is 17.6 Å². The number of alkyl halides is 3. The topological polar surface area (TPSA) is 60.2 Å². The number of pyridine rings is 1. The summed E-state index contributed by atoms with van der Waals surface area (Å²) in [6.07, 6.45) is -2.09. The van der Waals surface area contributed by atoms with Crippen molar-refractivity contribution in [3.63, 3.8) is 0 Å². The Balaban J connectivity index is 1.78. The highest BCUT2D eigenvalue weighted by Gasteiger charge is 2.44. The monoisotopic (exact) mass is 423 g/mol. The first-order valence-electron chi connectivity index (χ1n) is 10.1. The third-order valence-electron chi connectivity index (χ3n) is 5.93. The first-order chi connectivity index (χ1) is 14.2.